The maximum absolute atomic E-state index is 12.1. The molecule has 3 rings (SSSR count). The van der Waals surface area contributed by atoms with E-state index in [0.717, 1.165) is 30.6 Å². The molecule has 0 aromatic rings. The van der Waals surface area contributed by atoms with Crippen molar-refractivity contribution in [3.63, 3.8) is 0 Å². The summed E-state index contributed by atoms with van der Waals surface area (Å²) in [6.45, 7) is 3.01. The third kappa shape index (κ3) is 2.89. The van der Waals surface area contributed by atoms with Crippen LogP contribution in [0.3, 0.4) is 0 Å². The van der Waals surface area contributed by atoms with E-state index in [0.29, 0.717) is 12.5 Å². The van der Waals surface area contributed by atoms with Crippen molar-refractivity contribution >= 4 is 5.97 Å². The van der Waals surface area contributed by atoms with Gasteiger partial charge in [0, 0.05) is 0 Å². The Balaban J connectivity index is 1.40. The smallest absolute Gasteiger partial charge is 0.308 e. The predicted molar refractivity (Wildman–Crippen MR) is 71.0 cm³/mol. The van der Waals surface area contributed by atoms with Gasteiger partial charge in [0.05, 0.1) is 12.5 Å². The molecule has 3 saturated carbocycles. The van der Waals surface area contributed by atoms with Gasteiger partial charge in [-0.05, 0) is 62.2 Å². The average molecular weight is 250 g/mol. The van der Waals surface area contributed by atoms with Gasteiger partial charge >= 0.3 is 5.97 Å². The first-order chi connectivity index (χ1) is 8.72. The van der Waals surface area contributed by atoms with E-state index in [1.807, 2.05) is 0 Å². The fraction of sp³-hybridized carbons (Fsp3) is 0.938. The molecule has 18 heavy (non-hydrogen) atoms. The molecule has 0 aliphatic heterocycles. The molecule has 3 aliphatic carbocycles. The van der Waals surface area contributed by atoms with Crippen LogP contribution in [0.1, 0.15) is 58.3 Å². The largest absolute Gasteiger partial charge is 0.465 e. The highest BCUT2D eigenvalue weighted by Crippen LogP contribution is 2.51. The third-order valence-electron chi connectivity index (χ3n) is 5.38. The van der Waals surface area contributed by atoms with Crippen LogP contribution in [0.5, 0.6) is 0 Å². The van der Waals surface area contributed by atoms with Gasteiger partial charge in [0.2, 0.25) is 0 Å². The SMILES string of the molecule is CC1CCCC(COC(=O)C2CCC3CC3C2)C1. The van der Waals surface area contributed by atoms with E-state index in [1.165, 1.54) is 38.5 Å². The van der Waals surface area contributed by atoms with Crippen LogP contribution in [0, 0.1) is 29.6 Å². The Morgan fingerprint density at radius 1 is 1.06 bits per heavy atom. The maximum Gasteiger partial charge on any atom is 0.308 e. The van der Waals surface area contributed by atoms with Gasteiger partial charge in [-0.1, -0.05) is 19.8 Å². The van der Waals surface area contributed by atoms with Crippen LogP contribution >= 0.6 is 0 Å². The second-order valence-electron chi connectivity index (χ2n) is 7.03. The molecule has 0 bridgehead atoms. The molecule has 5 atom stereocenters. The minimum Gasteiger partial charge on any atom is -0.465 e. The van der Waals surface area contributed by atoms with Crippen molar-refractivity contribution in [3.05, 3.63) is 0 Å². The topological polar surface area (TPSA) is 26.3 Å². The minimum absolute atomic E-state index is 0.110. The van der Waals surface area contributed by atoms with E-state index >= 15 is 0 Å². The monoisotopic (exact) mass is 250 g/mol. The predicted octanol–water partition coefficient (Wildman–Crippen LogP) is 3.79. The second-order valence-corrected chi connectivity index (χ2v) is 7.03. The summed E-state index contributed by atoms with van der Waals surface area (Å²) in [5.74, 6) is 3.63. The molecule has 0 saturated heterocycles. The molecular weight excluding hydrogens is 224 g/mol. The van der Waals surface area contributed by atoms with Crippen molar-refractivity contribution in [2.45, 2.75) is 58.3 Å². The number of hydrogen-bond donors (Lipinski definition) is 0. The van der Waals surface area contributed by atoms with Crippen LogP contribution in [0.15, 0.2) is 0 Å². The number of fused-ring (bicyclic) bond motifs is 1. The second kappa shape index (κ2) is 5.22. The van der Waals surface area contributed by atoms with Crippen LogP contribution in [0.25, 0.3) is 0 Å². The fourth-order valence-electron chi connectivity index (χ4n) is 4.09. The molecule has 0 spiro atoms. The Morgan fingerprint density at radius 3 is 2.72 bits per heavy atom. The summed E-state index contributed by atoms with van der Waals surface area (Å²) in [4.78, 5) is 12.1. The van der Waals surface area contributed by atoms with Crippen LogP contribution < -0.4 is 0 Å². The highest BCUT2D eigenvalue weighted by molar-refractivity contribution is 5.72. The highest BCUT2D eigenvalue weighted by atomic mass is 16.5. The Labute approximate surface area is 110 Å². The zero-order valence-corrected chi connectivity index (χ0v) is 11.6. The molecule has 0 N–H and O–H groups in total. The van der Waals surface area contributed by atoms with Crippen molar-refractivity contribution in [1.29, 1.82) is 0 Å². The molecule has 2 heteroatoms. The maximum atomic E-state index is 12.1. The molecule has 0 aromatic heterocycles. The number of ether oxygens (including phenoxy) is 1. The zero-order chi connectivity index (χ0) is 12.5. The molecular formula is C16H26O2. The minimum atomic E-state index is 0.110. The van der Waals surface area contributed by atoms with Crippen molar-refractivity contribution in [2.24, 2.45) is 29.6 Å². The lowest BCUT2D eigenvalue weighted by Crippen LogP contribution is -2.25. The summed E-state index contributed by atoms with van der Waals surface area (Å²) in [7, 11) is 0. The molecule has 0 aromatic carbocycles. The molecule has 0 radical (unpaired) electrons. The van der Waals surface area contributed by atoms with Gasteiger partial charge in [-0.3, -0.25) is 4.79 Å². The standard InChI is InChI=1S/C16H26O2/c1-11-3-2-4-12(7-11)10-18-16(17)14-6-5-13-8-15(13)9-14/h11-15H,2-10H2,1H3. The molecule has 0 heterocycles. The summed E-state index contributed by atoms with van der Waals surface area (Å²) < 4.78 is 5.60. The number of hydrogen-bond acceptors (Lipinski definition) is 2. The number of esters is 1. The summed E-state index contributed by atoms with van der Waals surface area (Å²) in [5.41, 5.74) is 0. The quantitative estimate of drug-likeness (QED) is 0.712. The van der Waals surface area contributed by atoms with Crippen molar-refractivity contribution in [2.75, 3.05) is 6.61 Å². The van der Waals surface area contributed by atoms with Crippen molar-refractivity contribution < 1.29 is 9.53 Å². The molecule has 0 amide bonds. The van der Waals surface area contributed by atoms with Crippen LogP contribution in [-0.2, 0) is 9.53 Å². The van der Waals surface area contributed by atoms with Gasteiger partial charge in [0.15, 0.2) is 0 Å². The van der Waals surface area contributed by atoms with E-state index in [1.54, 1.807) is 0 Å². The fourth-order valence-corrected chi connectivity index (χ4v) is 4.09. The van der Waals surface area contributed by atoms with Gasteiger partial charge < -0.3 is 4.74 Å². The highest BCUT2D eigenvalue weighted by Gasteiger charge is 2.44. The Bertz CT molecular complexity index is 312. The lowest BCUT2D eigenvalue weighted by molar-refractivity contribution is -0.151. The van der Waals surface area contributed by atoms with Crippen LogP contribution in [-0.4, -0.2) is 12.6 Å². The molecule has 3 fully saturated rings. The van der Waals surface area contributed by atoms with E-state index in [4.69, 9.17) is 4.74 Å². The zero-order valence-electron chi connectivity index (χ0n) is 11.6. The lowest BCUT2D eigenvalue weighted by Gasteiger charge is -2.27. The Kier molecular flexibility index (Phi) is 3.63. The van der Waals surface area contributed by atoms with E-state index in [9.17, 15) is 4.79 Å². The first-order valence-corrected chi connectivity index (χ1v) is 7.89. The third-order valence-corrected chi connectivity index (χ3v) is 5.38. The van der Waals surface area contributed by atoms with Crippen LogP contribution in [0.2, 0.25) is 0 Å². The number of rotatable bonds is 3. The Hall–Kier alpha value is -0.530. The molecule has 5 unspecified atom stereocenters. The molecule has 102 valence electrons. The number of carbonyl (C=O) groups is 1. The average Bonchev–Trinajstić information content (AvgIpc) is 3.14. The van der Waals surface area contributed by atoms with Crippen LogP contribution in [0.4, 0.5) is 0 Å². The molecule has 3 aliphatic rings. The van der Waals surface area contributed by atoms with Crippen molar-refractivity contribution in [3.8, 4) is 0 Å². The summed E-state index contributed by atoms with van der Waals surface area (Å²) in [5, 5.41) is 0. The first kappa shape index (κ1) is 12.5. The lowest BCUT2D eigenvalue weighted by atomic mass is 9.83. The van der Waals surface area contributed by atoms with E-state index in [-0.39, 0.29) is 11.9 Å². The Morgan fingerprint density at radius 2 is 1.94 bits per heavy atom. The molecule has 2 nitrogen and oxygen atoms in total. The van der Waals surface area contributed by atoms with Gasteiger partial charge in [-0.25, -0.2) is 0 Å². The van der Waals surface area contributed by atoms with E-state index in [2.05, 4.69) is 6.92 Å². The van der Waals surface area contributed by atoms with Gasteiger partial charge in [0.1, 0.15) is 0 Å². The summed E-state index contributed by atoms with van der Waals surface area (Å²) >= 11 is 0. The first-order valence-electron chi connectivity index (χ1n) is 7.89. The number of carbonyl (C=O) groups excluding carboxylic acids is 1. The van der Waals surface area contributed by atoms with Gasteiger partial charge in [0.25, 0.3) is 0 Å². The van der Waals surface area contributed by atoms with Gasteiger partial charge in [-0.2, -0.15) is 0 Å². The van der Waals surface area contributed by atoms with Crippen molar-refractivity contribution in [1.82, 2.24) is 0 Å². The normalized spacial score (nSPS) is 43.1. The summed E-state index contributed by atoms with van der Waals surface area (Å²) in [6.07, 6.45) is 10.0. The summed E-state index contributed by atoms with van der Waals surface area (Å²) in [6, 6.07) is 0. The van der Waals surface area contributed by atoms with E-state index < -0.39 is 0 Å². The van der Waals surface area contributed by atoms with Gasteiger partial charge in [-0.15, -0.1) is 0 Å².